The second kappa shape index (κ2) is 7.12. The Bertz CT molecular complexity index is 460. The number of carbonyl (C=O) groups is 3. The van der Waals surface area contributed by atoms with Crippen molar-refractivity contribution in [2.45, 2.75) is 18.9 Å². The predicted octanol–water partition coefficient (Wildman–Crippen LogP) is 0.0667. The molecule has 1 unspecified atom stereocenters. The third kappa shape index (κ3) is 4.76. The molecule has 1 amide bonds. The van der Waals surface area contributed by atoms with Crippen molar-refractivity contribution < 1.29 is 24.3 Å². The summed E-state index contributed by atoms with van der Waals surface area (Å²) in [6.07, 6.45) is -0.376. The Balaban J connectivity index is 2.69. The zero-order chi connectivity index (χ0) is 14.3. The molecule has 0 fully saturated rings. The first-order valence-electron chi connectivity index (χ1n) is 5.53. The molecule has 0 aliphatic rings. The van der Waals surface area contributed by atoms with E-state index in [1.54, 1.807) is 30.3 Å². The minimum Gasteiger partial charge on any atom is -0.481 e. The summed E-state index contributed by atoms with van der Waals surface area (Å²) in [5.41, 5.74) is 0.354. The zero-order valence-electron chi connectivity index (χ0n) is 10.0. The lowest BCUT2D eigenvalue weighted by molar-refractivity contribution is -0.147. The second-order valence-corrected chi connectivity index (χ2v) is 3.76. The Morgan fingerprint density at radius 3 is 2.42 bits per heavy atom. The zero-order valence-corrected chi connectivity index (χ0v) is 10.0. The highest BCUT2D eigenvalue weighted by atomic mass is 16.7. The van der Waals surface area contributed by atoms with Crippen LogP contribution in [0.15, 0.2) is 30.3 Å². The van der Waals surface area contributed by atoms with Crippen LogP contribution in [0.5, 0.6) is 0 Å². The van der Waals surface area contributed by atoms with Crippen molar-refractivity contribution in [3.8, 4) is 0 Å². The fraction of sp³-hybridized carbons (Fsp3) is 0.250. The quantitative estimate of drug-likeness (QED) is 0.627. The minimum atomic E-state index is -1.09. The van der Waals surface area contributed by atoms with E-state index in [9.17, 15) is 14.4 Å². The average Bonchev–Trinajstić information content (AvgIpc) is 2.43. The third-order valence-corrected chi connectivity index (χ3v) is 2.39. The van der Waals surface area contributed by atoms with Crippen LogP contribution in [0, 0.1) is 0 Å². The molecule has 0 aromatic heterocycles. The van der Waals surface area contributed by atoms with Gasteiger partial charge in [-0.25, -0.2) is 4.79 Å². The van der Waals surface area contributed by atoms with Gasteiger partial charge in [0, 0.05) is 12.0 Å². The van der Waals surface area contributed by atoms with Gasteiger partial charge in [0.25, 0.3) is 5.91 Å². The third-order valence-electron chi connectivity index (χ3n) is 2.39. The number of rotatable bonds is 6. The van der Waals surface area contributed by atoms with Gasteiger partial charge in [-0.2, -0.15) is 5.90 Å². The summed E-state index contributed by atoms with van der Waals surface area (Å²) >= 11 is 0. The fourth-order valence-corrected chi connectivity index (χ4v) is 1.43. The van der Waals surface area contributed by atoms with Gasteiger partial charge >= 0.3 is 11.9 Å². The largest absolute Gasteiger partial charge is 0.481 e. The van der Waals surface area contributed by atoms with Gasteiger partial charge in [0.1, 0.15) is 6.04 Å². The van der Waals surface area contributed by atoms with Crippen LogP contribution in [-0.4, -0.2) is 29.0 Å². The van der Waals surface area contributed by atoms with Crippen molar-refractivity contribution in [3.63, 3.8) is 0 Å². The Morgan fingerprint density at radius 2 is 1.89 bits per heavy atom. The molecule has 0 radical (unpaired) electrons. The molecular formula is C12H14N2O5. The van der Waals surface area contributed by atoms with Crippen LogP contribution in [0.1, 0.15) is 23.2 Å². The van der Waals surface area contributed by atoms with Crippen LogP contribution in [-0.2, 0) is 14.4 Å². The molecule has 0 aliphatic heterocycles. The van der Waals surface area contributed by atoms with Crippen LogP contribution < -0.4 is 11.2 Å². The highest BCUT2D eigenvalue weighted by molar-refractivity contribution is 5.96. The van der Waals surface area contributed by atoms with Crippen LogP contribution >= 0.6 is 0 Å². The molecule has 7 heteroatoms. The molecule has 0 bridgehead atoms. The molecule has 7 nitrogen and oxygen atoms in total. The summed E-state index contributed by atoms with van der Waals surface area (Å²) in [6.45, 7) is 0. The molecule has 0 heterocycles. The van der Waals surface area contributed by atoms with E-state index in [1.807, 2.05) is 0 Å². The van der Waals surface area contributed by atoms with Crippen molar-refractivity contribution in [3.05, 3.63) is 35.9 Å². The van der Waals surface area contributed by atoms with Gasteiger partial charge in [-0.15, -0.1) is 0 Å². The lowest BCUT2D eigenvalue weighted by Gasteiger charge is -2.15. The first kappa shape index (κ1) is 14.7. The van der Waals surface area contributed by atoms with E-state index in [4.69, 9.17) is 11.0 Å². The monoisotopic (exact) mass is 266 g/mol. The SMILES string of the molecule is NOC(=O)C(CCC(=O)O)NC(=O)c1ccccc1. The molecular weight excluding hydrogens is 252 g/mol. The van der Waals surface area contributed by atoms with Crippen molar-refractivity contribution >= 4 is 17.8 Å². The highest BCUT2D eigenvalue weighted by Crippen LogP contribution is 2.03. The van der Waals surface area contributed by atoms with E-state index in [0.717, 1.165) is 0 Å². The molecule has 1 atom stereocenters. The second-order valence-electron chi connectivity index (χ2n) is 3.76. The highest BCUT2D eigenvalue weighted by Gasteiger charge is 2.23. The van der Waals surface area contributed by atoms with Gasteiger partial charge < -0.3 is 15.3 Å². The molecule has 0 saturated carbocycles. The van der Waals surface area contributed by atoms with Gasteiger partial charge in [0.2, 0.25) is 0 Å². The molecule has 4 N–H and O–H groups in total. The predicted molar refractivity (Wildman–Crippen MR) is 64.8 cm³/mol. The maximum absolute atomic E-state index is 11.8. The number of carboxylic acids is 1. The molecule has 0 spiro atoms. The number of hydrogen-bond donors (Lipinski definition) is 3. The number of aliphatic carboxylic acids is 1. The number of hydrogen-bond acceptors (Lipinski definition) is 5. The van der Waals surface area contributed by atoms with E-state index >= 15 is 0 Å². The topological polar surface area (TPSA) is 119 Å². The maximum Gasteiger partial charge on any atom is 0.347 e. The number of carboxylic acid groups (broad SMARTS) is 1. The van der Waals surface area contributed by atoms with Gasteiger partial charge in [-0.05, 0) is 18.6 Å². The van der Waals surface area contributed by atoms with Crippen molar-refractivity contribution in [2.24, 2.45) is 5.90 Å². The lowest BCUT2D eigenvalue weighted by Crippen LogP contribution is -2.43. The van der Waals surface area contributed by atoms with Crippen molar-refractivity contribution in [1.29, 1.82) is 0 Å². The van der Waals surface area contributed by atoms with E-state index < -0.39 is 23.9 Å². The Labute approximate surface area is 109 Å². The summed E-state index contributed by atoms with van der Waals surface area (Å²) in [5.74, 6) is 2.28. The van der Waals surface area contributed by atoms with E-state index in [2.05, 4.69) is 10.2 Å². The molecule has 0 saturated heterocycles. The normalized spacial score (nSPS) is 11.4. The number of amides is 1. The minimum absolute atomic E-state index is 0.0933. The van der Waals surface area contributed by atoms with E-state index in [1.165, 1.54) is 0 Å². The van der Waals surface area contributed by atoms with Crippen LogP contribution in [0.3, 0.4) is 0 Å². The maximum atomic E-state index is 11.8. The Kier molecular flexibility index (Phi) is 5.49. The number of nitrogens with one attached hydrogen (secondary N) is 1. The molecule has 102 valence electrons. The van der Waals surface area contributed by atoms with Gasteiger partial charge in [0.05, 0.1) is 0 Å². The van der Waals surface area contributed by atoms with Crippen LogP contribution in [0.4, 0.5) is 0 Å². The standard InChI is InChI=1S/C12H14N2O5/c13-19-12(18)9(6-7-10(15)16)14-11(17)8-4-2-1-3-5-8/h1-5,9H,6-7,13H2,(H,14,17)(H,15,16). The van der Waals surface area contributed by atoms with Gasteiger partial charge in [-0.1, -0.05) is 18.2 Å². The molecule has 19 heavy (non-hydrogen) atoms. The van der Waals surface area contributed by atoms with Gasteiger partial charge in [-0.3, -0.25) is 9.59 Å². The van der Waals surface area contributed by atoms with E-state index in [0.29, 0.717) is 5.56 Å². The molecule has 1 aromatic rings. The molecule has 1 aromatic carbocycles. The number of benzene rings is 1. The lowest BCUT2D eigenvalue weighted by atomic mass is 10.1. The summed E-state index contributed by atoms with van der Waals surface area (Å²) < 4.78 is 0. The van der Waals surface area contributed by atoms with Crippen molar-refractivity contribution in [2.75, 3.05) is 0 Å². The molecule has 0 aliphatic carbocycles. The first-order valence-corrected chi connectivity index (χ1v) is 5.53. The summed E-state index contributed by atoms with van der Waals surface area (Å²) in [5, 5.41) is 11.0. The van der Waals surface area contributed by atoms with Crippen LogP contribution in [0.25, 0.3) is 0 Å². The average molecular weight is 266 g/mol. The number of carbonyl (C=O) groups excluding carboxylic acids is 2. The van der Waals surface area contributed by atoms with Gasteiger partial charge in [0.15, 0.2) is 0 Å². The van der Waals surface area contributed by atoms with Crippen molar-refractivity contribution in [1.82, 2.24) is 5.32 Å². The first-order chi connectivity index (χ1) is 9.04. The smallest absolute Gasteiger partial charge is 0.347 e. The molecule has 1 rings (SSSR count). The fourth-order valence-electron chi connectivity index (χ4n) is 1.43. The Morgan fingerprint density at radius 1 is 1.26 bits per heavy atom. The Hall–Kier alpha value is -2.41. The summed E-state index contributed by atoms with van der Waals surface area (Å²) in [7, 11) is 0. The van der Waals surface area contributed by atoms with E-state index in [-0.39, 0.29) is 12.8 Å². The number of nitrogens with two attached hydrogens (primary N) is 1. The summed E-state index contributed by atoms with van der Waals surface area (Å²) in [6, 6.07) is 7.13. The van der Waals surface area contributed by atoms with Crippen LogP contribution in [0.2, 0.25) is 0 Å². The summed E-state index contributed by atoms with van der Waals surface area (Å²) in [4.78, 5) is 37.7.